The van der Waals surface area contributed by atoms with Crippen LogP contribution in [0.2, 0.25) is 0 Å². The van der Waals surface area contributed by atoms with Crippen LogP contribution in [-0.2, 0) is 4.79 Å². The highest BCUT2D eigenvalue weighted by Gasteiger charge is 2.12. The first-order valence-electron chi connectivity index (χ1n) is 3.82. The minimum atomic E-state index is -0.889. The van der Waals surface area contributed by atoms with Crippen LogP contribution in [0.15, 0.2) is 24.5 Å². The summed E-state index contributed by atoms with van der Waals surface area (Å²) in [5, 5.41) is 8.57. The fourth-order valence-electron chi connectivity index (χ4n) is 1.04. The van der Waals surface area contributed by atoms with Gasteiger partial charge in [-0.3, -0.25) is 21.0 Å². The van der Waals surface area contributed by atoms with Gasteiger partial charge in [-0.1, -0.05) is 0 Å². The lowest BCUT2D eigenvalue weighted by molar-refractivity contribution is -0.137. The van der Waals surface area contributed by atoms with E-state index in [-0.39, 0.29) is 12.5 Å². The topological polar surface area (TPSA) is 88.2 Å². The van der Waals surface area contributed by atoms with Crippen molar-refractivity contribution in [2.24, 2.45) is 5.84 Å². The number of aromatic nitrogens is 1. The molecule has 0 bridgehead atoms. The molecule has 0 aromatic carbocycles. The summed E-state index contributed by atoms with van der Waals surface area (Å²) in [5.74, 6) is 4.33. The second-order valence-electron chi connectivity index (χ2n) is 2.60. The molecule has 0 aliphatic rings. The first-order valence-corrected chi connectivity index (χ1v) is 3.82. The number of nitrogens with two attached hydrogens (primary N) is 1. The molecule has 1 heterocycles. The van der Waals surface area contributed by atoms with E-state index in [0.29, 0.717) is 0 Å². The molecule has 13 heavy (non-hydrogen) atoms. The molecule has 1 aromatic rings. The second-order valence-corrected chi connectivity index (χ2v) is 2.60. The van der Waals surface area contributed by atoms with Crippen molar-refractivity contribution in [3.05, 3.63) is 30.1 Å². The smallest absolute Gasteiger partial charge is 0.305 e. The van der Waals surface area contributed by atoms with Crippen LogP contribution in [0.1, 0.15) is 18.0 Å². The average molecular weight is 181 g/mol. The number of hydrogen-bond donors (Lipinski definition) is 3. The minimum absolute atomic E-state index is 0.0412. The predicted molar refractivity (Wildman–Crippen MR) is 46.6 cm³/mol. The number of pyridine rings is 1. The Hall–Kier alpha value is -1.46. The van der Waals surface area contributed by atoms with E-state index < -0.39 is 5.97 Å². The van der Waals surface area contributed by atoms with Crippen LogP contribution < -0.4 is 11.3 Å². The molecule has 1 unspecified atom stereocenters. The van der Waals surface area contributed by atoms with Gasteiger partial charge in [0.25, 0.3) is 0 Å². The van der Waals surface area contributed by atoms with Crippen LogP contribution in [0.25, 0.3) is 0 Å². The summed E-state index contributed by atoms with van der Waals surface area (Å²) < 4.78 is 0. The number of aliphatic carboxylic acids is 1. The predicted octanol–water partition coefficient (Wildman–Crippen LogP) is 0.0607. The number of hydrazine groups is 1. The maximum Gasteiger partial charge on any atom is 0.305 e. The Morgan fingerprint density at radius 1 is 1.62 bits per heavy atom. The summed E-state index contributed by atoms with van der Waals surface area (Å²) in [6.07, 6.45) is 3.16. The van der Waals surface area contributed by atoms with Crippen LogP contribution in [0, 0.1) is 0 Å². The van der Waals surface area contributed by atoms with E-state index in [2.05, 4.69) is 10.4 Å². The third-order valence-electron chi connectivity index (χ3n) is 1.69. The van der Waals surface area contributed by atoms with E-state index in [4.69, 9.17) is 10.9 Å². The lowest BCUT2D eigenvalue weighted by atomic mass is 10.1. The van der Waals surface area contributed by atoms with Gasteiger partial charge in [-0.25, -0.2) is 0 Å². The molecule has 5 heteroatoms. The largest absolute Gasteiger partial charge is 0.481 e. The summed E-state index contributed by atoms with van der Waals surface area (Å²) in [6, 6.07) is 3.10. The zero-order valence-electron chi connectivity index (χ0n) is 6.97. The van der Waals surface area contributed by atoms with Crippen LogP contribution in [0.3, 0.4) is 0 Å². The number of carboxylic acid groups (broad SMARTS) is 1. The normalized spacial score (nSPS) is 12.4. The molecule has 1 aromatic heterocycles. The third-order valence-corrected chi connectivity index (χ3v) is 1.69. The number of nitrogens with zero attached hydrogens (tertiary/aromatic N) is 1. The highest BCUT2D eigenvalue weighted by Crippen LogP contribution is 2.13. The second kappa shape index (κ2) is 4.54. The zero-order chi connectivity index (χ0) is 9.68. The Kier molecular flexibility index (Phi) is 3.36. The molecule has 0 saturated carbocycles. The first kappa shape index (κ1) is 9.63. The lowest BCUT2D eigenvalue weighted by Gasteiger charge is -2.12. The Morgan fingerprint density at radius 2 is 2.23 bits per heavy atom. The molecule has 0 fully saturated rings. The Bertz CT molecular complexity index is 276. The molecule has 5 nitrogen and oxygen atoms in total. The van der Waals surface area contributed by atoms with Crippen LogP contribution in [0.4, 0.5) is 0 Å². The maximum atomic E-state index is 10.4. The molecular weight excluding hydrogens is 170 g/mol. The van der Waals surface area contributed by atoms with Crippen LogP contribution >= 0.6 is 0 Å². The van der Waals surface area contributed by atoms with Gasteiger partial charge in [-0.2, -0.15) is 0 Å². The molecule has 0 spiro atoms. The highest BCUT2D eigenvalue weighted by atomic mass is 16.4. The van der Waals surface area contributed by atoms with E-state index in [1.165, 1.54) is 0 Å². The standard InChI is InChI=1S/C8H11N3O2/c9-11-7(5-8(12)13)6-1-3-10-4-2-6/h1-4,7,11H,5,9H2,(H,12,13). The number of nitrogens with one attached hydrogen (secondary N) is 1. The lowest BCUT2D eigenvalue weighted by Crippen LogP contribution is -2.29. The number of hydrogen-bond acceptors (Lipinski definition) is 4. The molecule has 1 rings (SSSR count). The quantitative estimate of drug-likeness (QED) is 0.451. The fraction of sp³-hybridized carbons (Fsp3) is 0.250. The van der Waals surface area contributed by atoms with Gasteiger partial charge in [-0.05, 0) is 17.7 Å². The summed E-state index contributed by atoms with van der Waals surface area (Å²) >= 11 is 0. The zero-order valence-corrected chi connectivity index (χ0v) is 6.97. The van der Waals surface area contributed by atoms with Crippen molar-refractivity contribution in [1.82, 2.24) is 10.4 Å². The van der Waals surface area contributed by atoms with Crippen molar-refractivity contribution in [1.29, 1.82) is 0 Å². The number of carboxylic acids is 1. The Balaban J connectivity index is 2.73. The van der Waals surface area contributed by atoms with Gasteiger partial charge >= 0.3 is 5.97 Å². The minimum Gasteiger partial charge on any atom is -0.481 e. The summed E-state index contributed by atoms with van der Waals surface area (Å²) in [7, 11) is 0. The number of carbonyl (C=O) groups is 1. The van der Waals surface area contributed by atoms with Gasteiger partial charge in [0, 0.05) is 12.4 Å². The van der Waals surface area contributed by atoms with E-state index in [1.807, 2.05) is 0 Å². The van der Waals surface area contributed by atoms with Crippen molar-refractivity contribution in [3.8, 4) is 0 Å². The Morgan fingerprint density at radius 3 is 2.69 bits per heavy atom. The van der Waals surface area contributed by atoms with Crippen molar-refractivity contribution in [2.45, 2.75) is 12.5 Å². The van der Waals surface area contributed by atoms with E-state index in [9.17, 15) is 4.79 Å². The molecule has 0 amide bonds. The van der Waals surface area contributed by atoms with E-state index in [0.717, 1.165) is 5.56 Å². The summed E-state index contributed by atoms with van der Waals surface area (Å²) in [6.45, 7) is 0. The van der Waals surface area contributed by atoms with Crippen molar-refractivity contribution >= 4 is 5.97 Å². The van der Waals surface area contributed by atoms with Gasteiger partial charge in [-0.15, -0.1) is 0 Å². The first-order chi connectivity index (χ1) is 6.24. The van der Waals surface area contributed by atoms with Gasteiger partial charge in [0.2, 0.25) is 0 Å². The van der Waals surface area contributed by atoms with Gasteiger partial charge in [0.1, 0.15) is 0 Å². The molecular formula is C8H11N3O2. The number of rotatable bonds is 4. The van der Waals surface area contributed by atoms with Gasteiger partial charge in [0.05, 0.1) is 12.5 Å². The van der Waals surface area contributed by atoms with Crippen molar-refractivity contribution in [3.63, 3.8) is 0 Å². The van der Waals surface area contributed by atoms with Crippen LogP contribution in [0.5, 0.6) is 0 Å². The molecule has 0 aliphatic heterocycles. The summed E-state index contributed by atoms with van der Waals surface area (Å²) in [5.41, 5.74) is 3.26. The van der Waals surface area contributed by atoms with Crippen LogP contribution in [-0.4, -0.2) is 16.1 Å². The maximum absolute atomic E-state index is 10.4. The van der Waals surface area contributed by atoms with Crippen molar-refractivity contribution < 1.29 is 9.90 Å². The monoisotopic (exact) mass is 181 g/mol. The fourth-order valence-corrected chi connectivity index (χ4v) is 1.04. The molecule has 4 N–H and O–H groups in total. The van der Waals surface area contributed by atoms with Gasteiger partial charge in [0.15, 0.2) is 0 Å². The SMILES string of the molecule is NNC(CC(=O)O)c1ccncc1. The van der Waals surface area contributed by atoms with Crippen molar-refractivity contribution in [2.75, 3.05) is 0 Å². The molecule has 1 atom stereocenters. The summed E-state index contributed by atoms with van der Waals surface area (Å²) in [4.78, 5) is 14.3. The molecule has 0 radical (unpaired) electrons. The molecule has 0 aliphatic carbocycles. The Labute approximate surface area is 75.6 Å². The molecule has 0 saturated heterocycles. The van der Waals surface area contributed by atoms with E-state index >= 15 is 0 Å². The highest BCUT2D eigenvalue weighted by molar-refractivity contribution is 5.67. The average Bonchev–Trinajstić information content (AvgIpc) is 2.15. The molecule has 70 valence electrons. The van der Waals surface area contributed by atoms with Gasteiger partial charge < -0.3 is 5.11 Å². The van der Waals surface area contributed by atoms with E-state index in [1.54, 1.807) is 24.5 Å². The third kappa shape index (κ3) is 2.81.